The quantitative estimate of drug-likeness (QED) is 0.0816. The van der Waals surface area contributed by atoms with Crippen molar-refractivity contribution in [3.63, 3.8) is 0 Å². The van der Waals surface area contributed by atoms with Gasteiger partial charge in [-0.1, -0.05) is 108 Å². The van der Waals surface area contributed by atoms with Gasteiger partial charge in [-0.3, -0.25) is 9.05 Å². The molecule has 1 aromatic rings. The van der Waals surface area contributed by atoms with Crippen molar-refractivity contribution in [2.24, 2.45) is 0 Å². The number of phosphoric acid groups is 1. The van der Waals surface area contributed by atoms with Crippen LogP contribution in [0.4, 0.5) is 0 Å². The molecule has 1 unspecified atom stereocenters. The van der Waals surface area contributed by atoms with E-state index in [2.05, 4.69) is 6.92 Å². The van der Waals surface area contributed by atoms with E-state index in [1.165, 1.54) is 89.9 Å². The maximum absolute atomic E-state index is 12.1. The topological polar surface area (TPSA) is 78.1 Å². The highest BCUT2D eigenvalue weighted by Gasteiger charge is 2.29. The molecule has 3 atom stereocenters. The number of aromatic nitrogens is 1. The van der Waals surface area contributed by atoms with Crippen LogP contribution in [0.3, 0.4) is 0 Å². The van der Waals surface area contributed by atoms with Gasteiger partial charge in [0.1, 0.15) is 6.10 Å². The van der Waals surface area contributed by atoms with Crippen molar-refractivity contribution in [1.29, 1.82) is 0 Å². The van der Waals surface area contributed by atoms with Crippen molar-refractivity contribution in [2.75, 3.05) is 19.8 Å². The van der Waals surface area contributed by atoms with Crippen molar-refractivity contribution in [2.45, 2.75) is 135 Å². The van der Waals surface area contributed by atoms with E-state index in [4.69, 9.17) is 18.5 Å². The summed E-state index contributed by atoms with van der Waals surface area (Å²) in [5.41, 5.74) is 1.99. The van der Waals surface area contributed by atoms with Crippen LogP contribution in [0.2, 0.25) is 0 Å². The number of nitrogens with zero attached hydrogens (tertiary/aromatic N) is 1. The smallest absolute Gasteiger partial charge is 0.350 e. The fraction of sp³-hybridized carbons (Fsp3) is 0.889. The molecule has 0 saturated carbocycles. The normalized spacial score (nSPS) is 19.6. The molecule has 0 bridgehead atoms. The Morgan fingerprint density at radius 3 is 2.11 bits per heavy atom. The fourth-order valence-electron chi connectivity index (χ4n) is 4.46. The largest absolute Gasteiger partial charge is 0.472 e. The standard InChI is InChI=1S/C27H50NO6PS/c1-2-3-4-5-6-7-8-9-10-11-12-13-14-15-16-18-27-31-23-26(34-27)24-33-35(29,30)32-21-17-19-28-20-22-36-25-28/h20,22,25-27H,2-19,21,23-24H2,1H3/p+1/t26-,27+/m1/s1. The second kappa shape index (κ2) is 20.6. The summed E-state index contributed by atoms with van der Waals surface area (Å²) in [5.74, 6) is 0. The molecule has 1 aliphatic heterocycles. The lowest BCUT2D eigenvalue weighted by atomic mass is 10.0. The van der Waals surface area contributed by atoms with Gasteiger partial charge in [0.2, 0.25) is 5.51 Å². The summed E-state index contributed by atoms with van der Waals surface area (Å²) in [6, 6.07) is 0. The molecule has 36 heavy (non-hydrogen) atoms. The van der Waals surface area contributed by atoms with Crippen LogP contribution in [-0.4, -0.2) is 37.1 Å². The third kappa shape index (κ3) is 16.5. The molecule has 0 aliphatic carbocycles. The molecule has 0 spiro atoms. The Labute approximate surface area is 223 Å². The Kier molecular flexibility index (Phi) is 18.2. The summed E-state index contributed by atoms with van der Waals surface area (Å²) in [4.78, 5) is 9.86. The summed E-state index contributed by atoms with van der Waals surface area (Å²) in [6.07, 6.45) is 23.1. The van der Waals surface area contributed by atoms with Gasteiger partial charge in [0.05, 0.1) is 25.2 Å². The molecule has 0 radical (unpaired) electrons. The molecule has 7 nitrogen and oxygen atoms in total. The van der Waals surface area contributed by atoms with Crippen LogP contribution >= 0.6 is 19.2 Å². The Bertz CT molecular complexity index is 677. The van der Waals surface area contributed by atoms with Gasteiger partial charge in [-0.2, -0.15) is 4.57 Å². The van der Waals surface area contributed by atoms with E-state index in [1.807, 2.05) is 21.7 Å². The highest BCUT2D eigenvalue weighted by Crippen LogP contribution is 2.43. The maximum atomic E-state index is 12.1. The van der Waals surface area contributed by atoms with E-state index in [0.717, 1.165) is 19.4 Å². The molecular formula is C27H51NO6PS+. The molecule has 9 heteroatoms. The lowest BCUT2D eigenvalue weighted by Gasteiger charge is -2.15. The zero-order valence-electron chi connectivity index (χ0n) is 22.5. The van der Waals surface area contributed by atoms with E-state index in [9.17, 15) is 9.46 Å². The molecule has 1 aliphatic rings. The molecule has 1 N–H and O–H groups in total. The van der Waals surface area contributed by atoms with E-state index in [0.29, 0.717) is 13.0 Å². The monoisotopic (exact) mass is 548 g/mol. The van der Waals surface area contributed by atoms with Gasteiger partial charge in [0.25, 0.3) is 0 Å². The number of unbranched alkanes of at least 4 members (excludes halogenated alkanes) is 14. The van der Waals surface area contributed by atoms with Crippen molar-refractivity contribution < 1.29 is 32.5 Å². The molecule has 0 amide bonds. The van der Waals surface area contributed by atoms with E-state index < -0.39 is 7.82 Å². The SMILES string of the molecule is CCCCCCCCCCCCCCCCC[C@H]1OC[C@H](COP(=O)(O)OCCC[n+]2ccsc2)O1. The predicted octanol–water partition coefficient (Wildman–Crippen LogP) is 7.56. The minimum atomic E-state index is -4.07. The second-order valence-electron chi connectivity index (χ2n) is 9.97. The van der Waals surface area contributed by atoms with Crippen LogP contribution in [0.5, 0.6) is 0 Å². The van der Waals surface area contributed by atoms with Crippen LogP contribution in [0.15, 0.2) is 17.1 Å². The van der Waals surface area contributed by atoms with Crippen molar-refractivity contribution in [3.8, 4) is 0 Å². The summed E-state index contributed by atoms with van der Waals surface area (Å²) in [5, 5.41) is 1.98. The number of phosphoric ester groups is 1. The van der Waals surface area contributed by atoms with Gasteiger partial charge < -0.3 is 14.4 Å². The number of rotatable bonds is 24. The Morgan fingerprint density at radius 2 is 1.53 bits per heavy atom. The first-order valence-electron chi connectivity index (χ1n) is 14.4. The third-order valence-corrected chi connectivity index (χ3v) is 8.28. The minimum Gasteiger partial charge on any atom is -0.350 e. The average molecular weight is 549 g/mol. The van der Waals surface area contributed by atoms with Gasteiger partial charge in [-0.05, 0) is 12.8 Å². The molecular weight excluding hydrogens is 497 g/mol. The van der Waals surface area contributed by atoms with Gasteiger partial charge in [0, 0.05) is 6.42 Å². The number of hydrogen-bond acceptors (Lipinski definition) is 6. The van der Waals surface area contributed by atoms with E-state index in [1.54, 1.807) is 11.3 Å². The van der Waals surface area contributed by atoms with Gasteiger partial charge in [-0.25, -0.2) is 4.57 Å². The molecule has 1 aromatic heterocycles. The third-order valence-electron chi connectivity index (χ3n) is 6.62. The molecule has 210 valence electrons. The average Bonchev–Trinajstić information content (AvgIpc) is 3.55. The minimum absolute atomic E-state index is 0.00240. The maximum Gasteiger partial charge on any atom is 0.472 e. The molecule has 2 rings (SSSR count). The van der Waals surface area contributed by atoms with Gasteiger partial charge in [-0.15, -0.1) is 0 Å². The van der Waals surface area contributed by atoms with Gasteiger partial charge in [0.15, 0.2) is 19.0 Å². The first-order valence-corrected chi connectivity index (χ1v) is 16.8. The zero-order valence-corrected chi connectivity index (χ0v) is 24.2. The number of hydrogen-bond donors (Lipinski definition) is 1. The van der Waals surface area contributed by atoms with Crippen molar-refractivity contribution >= 4 is 19.2 Å². The summed E-state index contributed by atoms with van der Waals surface area (Å²) in [6.45, 7) is 3.57. The second-order valence-corrected chi connectivity index (χ2v) is 12.2. The van der Waals surface area contributed by atoms with Gasteiger partial charge >= 0.3 is 7.82 Å². The lowest BCUT2D eigenvalue weighted by Crippen LogP contribution is -2.30. The number of ether oxygens (including phenoxy) is 2. The predicted molar refractivity (Wildman–Crippen MR) is 145 cm³/mol. The van der Waals surface area contributed by atoms with E-state index >= 15 is 0 Å². The number of thiazole rings is 1. The summed E-state index contributed by atoms with van der Waals surface area (Å²) < 4.78 is 35.7. The Balaban J connectivity index is 1.35. The van der Waals surface area contributed by atoms with Crippen LogP contribution in [0.25, 0.3) is 0 Å². The first-order chi connectivity index (χ1) is 17.6. The zero-order chi connectivity index (χ0) is 25.7. The van der Waals surface area contributed by atoms with Crippen LogP contribution in [-0.2, 0) is 29.6 Å². The summed E-state index contributed by atoms with van der Waals surface area (Å²) >= 11 is 1.61. The van der Waals surface area contributed by atoms with Crippen LogP contribution in [0.1, 0.15) is 116 Å². The van der Waals surface area contributed by atoms with E-state index in [-0.39, 0.29) is 25.6 Å². The first kappa shape index (κ1) is 31.9. The Morgan fingerprint density at radius 1 is 0.917 bits per heavy atom. The lowest BCUT2D eigenvalue weighted by molar-refractivity contribution is -0.692. The summed E-state index contributed by atoms with van der Waals surface area (Å²) in [7, 11) is -4.07. The number of aryl methyl sites for hydroxylation is 1. The molecule has 1 fully saturated rings. The van der Waals surface area contributed by atoms with Crippen molar-refractivity contribution in [3.05, 3.63) is 17.1 Å². The molecule has 2 heterocycles. The van der Waals surface area contributed by atoms with Crippen LogP contribution in [0, 0.1) is 0 Å². The van der Waals surface area contributed by atoms with Crippen LogP contribution < -0.4 is 4.57 Å². The molecule has 1 saturated heterocycles. The molecule has 0 aromatic carbocycles. The fourth-order valence-corrected chi connectivity index (χ4v) is 5.88. The Hall–Kier alpha value is -0.340. The highest BCUT2D eigenvalue weighted by molar-refractivity contribution is 7.47. The highest BCUT2D eigenvalue weighted by atomic mass is 32.1. The van der Waals surface area contributed by atoms with Crippen molar-refractivity contribution in [1.82, 2.24) is 0 Å².